The smallest absolute Gasteiger partial charge is 0.308 e. The molecule has 2 unspecified atom stereocenters. The molecule has 3 rings (SSSR count). The first-order valence-corrected chi connectivity index (χ1v) is 7.68. The van der Waals surface area contributed by atoms with E-state index in [4.69, 9.17) is 4.74 Å². The van der Waals surface area contributed by atoms with E-state index in [-0.39, 0.29) is 18.4 Å². The number of nitrogens with zero attached hydrogens (tertiary/aromatic N) is 2. The van der Waals surface area contributed by atoms with Gasteiger partial charge in [0.15, 0.2) is 0 Å². The predicted molar refractivity (Wildman–Crippen MR) is 78.9 cm³/mol. The van der Waals surface area contributed by atoms with Gasteiger partial charge in [-0.2, -0.15) is 0 Å². The Morgan fingerprint density at radius 2 is 2.23 bits per heavy atom. The van der Waals surface area contributed by atoms with E-state index >= 15 is 0 Å². The Bertz CT molecular complexity index is 602. The van der Waals surface area contributed by atoms with Gasteiger partial charge >= 0.3 is 5.97 Å². The van der Waals surface area contributed by atoms with Crippen molar-refractivity contribution in [2.75, 3.05) is 19.7 Å². The van der Waals surface area contributed by atoms with Gasteiger partial charge in [0.1, 0.15) is 11.4 Å². The number of aliphatic carboxylic acids is 1. The molecule has 1 aromatic heterocycles. The first kappa shape index (κ1) is 14.8. The topological polar surface area (TPSA) is 79.7 Å². The van der Waals surface area contributed by atoms with Gasteiger partial charge in [0.05, 0.1) is 18.7 Å². The van der Waals surface area contributed by atoms with Gasteiger partial charge in [0, 0.05) is 13.1 Å². The molecule has 0 bridgehead atoms. The lowest BCUT2D eigenvalue weighted by Crippen LogP contribution is -2.45. The molecular weight excluding hydrogens is 284 g/mol. The van der Waals surface area contributed by atoms with E-state index in [0.717, 1.165) is 24.2 Å². The van der Waals surface area contributed by atoms with Gasteiger partial charge in [-0.15, -0.1) is 0 Å². The summed E-state index contributed by atoms with van der Waals surface area (Å²) in [6.07, 6.45) is 4.03. The normalized spacial score (nSPS) is 24.3. The van der Waals surface area contributed by atoms with Crippen LogP contribution in [0.15, 0.2) is 12.3 Å². The second-order valence-corrected chi connectivity index (χ2v) is 6.22. The van der Waals surface area contributed by atoms with Crippen molar-refractivity contribution in [1.82, 2.24) is 9.88 Å². The maximum absolute atomic E-state index is 12.6. The molecule has 118 valence electrons. The van der Waals surface area contributed by atoms with Crippen molar-refractivity contribution in [3.63, 3.8) is 0 Å². The Morgan fingerprint density at radius 3 is 3.00 bits per heavy atom. The summed E-state index contributed by atoms with van der Waals surface area (Å²) < 4.78 is 5.50. The van der Waals surface area contributed by atoms with Crippen molar-refractivity contribution in [1.29, 1.82) is 0 Å². The number of carboxylic acids is 1. The van der Waals surface area contributed by atoms with Crippen LogP contribution in [0.3, 0.4) is 0 Å². The number of hydrogen-bond acceptors (Lipinski definition) is 4. The zero-order chi connectivity index (χ0) is 15.7. The summed E-state index contributed by atoms with van der Waals surface area (Å²) in [4.78, 5) is 29.7. The monoisotopic (exact) mass is 304 g/mol. The first-order chi connectivity index (χ1) is 10.5. The molecule has 22 heavy (non-hydrogen) atoms. The van der Waals surface area contributed by atoms with E-state index in [9.17, 15) is 14.7 Å². The summed E-state index contributed by atoms with van der Waals surface area (Å²) in [5, 5.41) is 9.21. The summed E-state index contributed by atoms with van der Waals surface area (Å²) in [6, 6.07) is 1.78. The number of ether oxygens (including phenoxy) is 1. The molecule has 1 saturated heterocycles. The Labute approximate surface area is 129 Å². The number of pyridine rings is 1. The van der Waals surface area contributed by atoms with Crippen LogP contribution in [0.1, 0.15) is 35.8 Å². The molecule has 0 aliphatic carbocycles. The lowest BCUT2D eigenvalue weighted by molar-refractivity contribution is -0.143. The number of aromatic nitrogens is 1. The third-order valence-corrected chi connectivity index (χ3v) is 4.31. The number of piperidine rings is 1. The highest BCUT2D eigenvalue weighted by Crippen LogP contribution is 2.26. The second kappa shape index (κ2) is 5.94. The quantitative estimate of drug-likeness (QED) is 0.897. The lowest BCUT2D eigenvalue weighted by atomic mass is 9.90. The van der Waals surface area contributed by atoms with Crippen LogP contribution < -0.4 is 4.74 Å². The molecule has 0 saturated carbocycles. The number of carbonyl (C=O) groups excluding carboxylic acids is 1. The van der Waals surface area contributed by atoms with E-state index in [2.05, 4.69) is 4.98 Å². The van der Waals surface area contributed by atoms with Crippen LogP contribution in [0.2, 0.25) is 0 Å². The van der Waals surface area contributed by atoms with Gasteiger partial charge in [-0.3, -0.25) is 9.59 Å². The molecule has 2 atom stereocenters. The maximum Gasteiger partial charge on any atom is 0.308 e. The average Bonchev–Trinajstić information content (AvgIpc) is 2.53. The van der Waals surface area contributed by atoms with Crippen molar-refractivity contribution >= 4 is 11.9 Å². The minimum Gasteiger partial charge on any atom is -0.492 e. The van der Waals surface area contributed by atoms with Gasteiger partial charge < -0.3 is 14.7 Å². The highest BCUT2D eigenvalue weighted by molar-refractivity contribution is 5.93. The van der Waals surface area contributed by atoms with Crippen molar-refractivity contribution in [2.24, 2.45) is 11.8 Å². The van der Waals surface area contributed by atoms with E-state index in [1.165, 1.54) is 0 Å². The molecule has 2 aliphatic heterocycles. The standard InChI is InChI=1S/C16H20N2O4/c1-10-5-12(16(20)21)9-18(8-10)15(19)13-6-11-3-2-4-22-14(11)7-17-13/h6-7,10,12H,2-5,8-9H2,1H3,(H,20,21). The van der Waals surface area contributed by atoms with Gasteiger partial charge in [-0.1, -0.05) is 6.92 Å². The molecule has 6 nitrogen and oxygen atoms in total. The molecule has 3 heterocycles. The molecule has 2 aliphatic rings. The summed E-state index contributed by atoms with van der Waals surface area (Å²) in [6.45, 7) is 3.50. The number of carbonyl (C=O) groups is 2. The molecule has 0 spiro atoms. The van der Waals surface area contributed by atoms with E-state index in [1.54, 1.807) is 17.2 Å². The number of hydrogen-bond donors (Lipinski definition) is 1. The van der Waals surface area contributed by atoms with Crippen LogP contribution in [0.4, 0.5) is 0 Å². The Balaban J connectivity index is 1.79. The number of rotatable bonds is 2. The summed E-state index contributed by atoms with van der Waals surface area (Å²) in [5.74, 6) is -0.589. The molecule has 1 N–H and O–H groups in total. The van der Waals surface area contributed by atoms with Crippen LogP contribution in [0, 0.1) is 11.8 Å². The van der Waals surface area contributed by atoms with Crippen LogP contribution in [0.5, 0.6) is 5.75 Å². The van der Waals surface area contributed by atoms with E-state index in [1.807, 2.05) is 6.92 Å². The van der Waals surface area contributed by atoms with E-state index in [0.29, 0.717) is 25.3 Å². The molecule has 1 aromatic rings. The van der Waals surface area contributed by atoms with Crippen molar-refractivity contribution in [3.8, 4) is 5.75 Å². The predicted octanol–water partition coefficient (Wildman–Crippen LogP) is 1.59. The number of aryl methyl sites for hydroxylation is 1. The minimum absolute atomic E-state index is 0.180. The third kappa shape index (κ3) is 2.91. The SMILES string of the molecule is CC1CC(C(=O)O)CN(C(=O)c2cc3c(cn2)OCCC3)C1. The minimum atomic E-state index is -0.837. The van der Waals surface area contributed by atoms with Crippen molar-refractivity contribution in [2.45, 2.75) is 26.2 Å². The van der Waals surface area contributed by atoms with Crippen LogP contribution in [0.25, 0.3) is 0 Å². The maximum atomic E-state index is 12.6. The van der Waals surface area contributed by atoms with Crippen LogP contribution in [-0.2, 0) is 11.2 Å². The largest absolute Gasteiger partial charge is 0.492 e. The molecule has 1 fully saturated rings. The average molecular weight is 304 g/mol. The third-order valence-electron chi connectivity index (χ3n) is 4.31. The fraction of sp³-hybridized carbons (Fsp3) is 0.562. The fourth-order valence-electron chi connectivity index (χ4n) is 3.23. The summed E-state index contributed by atoms with van der Waals surface area (Å²) in [7, 11) is 0. The second-order valence-electron chi connectivity index (χ2n) is 6.22. The molecule has 0 radical (unpaired) electrons. The lowest BCUT2D eigenvalue weighted by Gasteiger charge is -2.34. The molecule has 6 heteroatoms. The highest BCUT2D eigenvalue weighted by atomic mass is 16.5. The zero-order valence-corrected chi connectivity index (χ0v) is 12.6. The van der Waals surface area contributed by atoms with Crippen LogP contribution in [-0.4, -0.2) is 46.6 Å². The Morgan fingerprint density at radius 1 is 1.41 bits per heavy atom. The van der Waals surface area contributed by atoms with Gasteiger partial charge in [-0.25, -0.2) is 4.98 Å². The number of fused-ring (bicyclic) bond motifs is 1. The van der Waals surface area contributed by atoms with Crippen molar-refractivity contribution < 1.29 is 19.4 Å². The molecular formula is C16H20N2O4. The van der Waals surface area contributed by atoms with Crippen molar-refractivity contribution in [3.05, 3.63) is 23.5 Å². The van der Waals surface area contributed by atoms with Gasteiger partial charge in [-0.05, 0) is 36.8 Å². The number of carboxylic acid groups (broad SMARTS) is 1. The summed E-state index contributed by atoms with van der Waals surface area (Å²) >= 11 is 0. The molecule has 0 aromatic carbocycles. The summed E-state index contributed by atoms with van der Waals surface area (Å²) in [5.41, 5.74) is 1.38. The first-order valence-electron chi connectivity index (χ1n) is 7.68. The van der Waals surface area contributed by atoms with Gasteiger partial charge in [0.25, 0.3) is 5.91 Å². The fourth-order valence-corrected chi connectivity index (χ4v) is 3.23. The highest BCUT2D eigenvalue weighted by Gasteiger charge is 2.32. The Hall–Kier alpha value is -2.11. The number of likely N-dealkylation sites (tertiary alicyclic amines) is 1. The zero-order valence-electron chi connectivity index (χ0n) is 12.6. The molecule has 1 amide bonds. The van der Waals surface area contributed by atoms with E-state index < -0.39 is 11.9 Å². The van der Waals surface area contributed by atoms with Crippen LogP contribution >= 0.6 is 0 Å². The van der Waals surface area contributed by atoms with Gasteiger partial charge in [0.2, 0.25) is 0 Å². The Kier molecular flexibility index (Phi) is 4.00. The number of amides is 1.